The smallest absolute Gasteiger partial charge is 0.339 e. The van der Waals surface area contributed by atoms with Crippen molar-refractivity contribution in [1.29, 1.82) is 0 Å². The average Bonchev–Trinajstić information content (AvgIpc) is 2.96. The summed E-state index contributed by atoms with van der Waals surface area (Å²) in [6.45, 7) is 0. The van der Waals surface area contributed by atoms with E-state index in [0.717, 1.165) is 0 Å². The number of carbonyl (C=O) groups is 3. The first-order valence-corrected chi connectivity index (χ1v) is 7.39. The van der Waals surface area contributed by atoms with Crippen LogP contribution in [0, 0.1) is 0 Å². The maximum atomic E-state index is 12.1. The summed E-state index contributed by atoms with van der Waals surface area (Å²) in [6, 6.07) is 16.7. The van der Waals surface area contributed by atoms with Gasteiger partial charge in [-0.2, -0.15) is 0 Å². The zero-order valence-corrected chi connectivity index (χ0v) is 12.6. The van der Waals surface area contributed by atoms with Crippen LogP contribution in [-0.4, -0.2) is 29.9 Å². The van der Waals surface area contributed by atoms with Crippen LogP contribution in [0.1, 0.15) is 20.7 Å². The van der Waals surface area contributed by atoms with Gasteiger partial charge in [0, 0.05) is 0 Å². The molecule has 5 heteroatoms. The standard InChI is InChI=1S/C19H14O5/c20-15-11-12-16(23-18(21)13-7-3-1-4-8-13)17(15)24-19(22)14-9-5-2-6-10-14/h1-12,16-17H. The third-order valence-electron chi connectivity index (χ3n) is 3.53. The van der Waals surface area contributed by atoms with E-state index in [1.165, 1.54) is 12.2 Å². The van der Waals surface area contributed by atoms with Crippen LogP contribution in [0.2, 0.25) is 0 Å². The lowest BCUT2D eigenvalue weighted by molar-refractivity contribution is -0.125. The quantitative estimate of drug-likeness (QED) is 0.809. The van der Waals surface area contributed by atoms with E-state index in [2.05, 4.69) is 0 Å². The molecule has 0 aromatic heterocycles. The first kappa shape index (κ1) is 15.7. The second kappa shape index (κ2) is 6.91. The molecule has 5 nitrogen and oxygen atoms in total. The van der Waals surface area contributed by atoms with Crippen molar-refractivity contribution in [2.45, 2.75) is 12.2 Å². The van der Waals surface area contributed by atoms with Crippen molar-refractivity contribution >= 4 is 17.7 Å². The molecule has 0 saturated heterocycles. The predicted molar refractivity (Wildman–Crippen MR) is 85.4 cm³/mol. The first-order chi connectivity index (χ1) is 11.6. The fraction of sp³-hybridized carbons (Fsp3) is 0.105. The van der Waals surface area contributed by atoms with Gasteiger partial charge in [0.05, 0.1) is 11.1 Å². The average molecular weight is 322 g/mol. The summed E-state index contributed by atoms with van der Waals surface area (Å²) in [4.78, 5) is 36.1. The normalized spacial score (nSPS) is 19.1. The Morgan fingerprint density at radius 2 is 1.25 bits per heavy atom. The van der Waals surface area contributed by atoms with Crippen LogP contribution in [0.25, 0.3) is 0 Å². The number of esters is 2. The lowest BCUT2D eigenvalue weighted by atomic mass is 10.2. The Labute approximate surface area is 138 Å². The van der Waals surface area contributed by atoms with Gasteiger partial charge in [0.15, 0.2) is 11.9 Å². The Kier molecular flexibility index (Phi) is 4.52. The molecule has 0 N–H and O–H groups in total. The molecule has 24 heavy (non-hydrogen) atoms. The maximum absolute atomic E-state index is 12.1. The number of carbonyl (C=O) groups excluding carboxylic acids is 3. The maximum Gasteiger partial charge on any atom is 0.339 e. The molecule has 2 unspecified atom stereocenters. The highest BCUT2D eigenvalue weighted by Gasteiger charge is 2.36. The van der Waals surface area contributed by atoms with E-state index in [9.17, 15) is 14.4 Å². The molecule has 0 spiro atoms. The fourth-order valence-electron chi connectivity index (χ4n) is 2.30. The van der Waals surface area contributed by atoms with Crippen LogP contribution in [0.15, 0.2) is 72.8 Å². The molecule has 0 radical (unpaired) electrons. The van der Waals surface area contributed by atoms with E-state index in [1.54, 1.807) is 60.7 Å². The zero-order chi connectivity index (χ0) is 16.9. The van der Waals surface area contributed by atoms with Crippen LogP contribution < -0.4 is 0 Å². The molecule has 1 aliphatic rings. The first-order valence-electron chi connectivity index (χ1n) is 7.39. The van der Waals surface area contributed by atoms with E-state index < -0.39 is 29.9 Å². The molecule has 2 atom stereocenters. The second-order valence-electron chi connectivity index (χ2n) is 5.19. The Balaban J connectivity index is 1.69. The fourth-order valence-corrected chi connectivity index (χ4v) is 2.30. The molecule has 1 aliphatic carbocycles. The van der Waals surface area contributed by atoms with Crippen molar-refractivity contribution in [3.8, 4) is 0 Å². The van der Waals surface area contributed by atoms with Gasteiger partial charge in [0.25, 0.3) is 0 Å². The summed E-state index contributed by atoms with van der Waals surface area (Å²) in [5.74, 6) is -1.63. The number of ether oxygens (including phenoxy) is 2. The Bertz CT molecular complexity index is 780. The van der Waals surface area contributed by atoms with Crippen LogP contribution in [0.5, 0.6) is 0 Å². The van der Waals surface area contributed by atoms with Crippen molar-refractivity contribution in [3.63, 3.8) is 0 Å². The minimum absolute atomic E-state index is 0.324. The van der Waals surface area contributed by atoms with Gasteiger partial charge in [-0.3, -0.25) is 4.79 Å². The van der Waals surface area contributed by atoms with Crippen molar-refractivity contribution < 1.29 is 23.9 Å². The van der Waals surface area contributed by atoms with Gasteiger partial charge < -0.3 is 9.47 Å². The molecule has 0 heterocycles. The van der Waals surface area contributed by atoms with Gasteiger partial charge in [-0.05, 0) is 36.4 Å². The second-order valence-corrected chi connectivity index (χ2v) is 5.19. The third kappa shape index (κ3) is 3.41. The van der Waals surface area contributed by atoms with E-state index in [4.69, 9.17) is 9.47 Å². The summed E-state index contributed by atoms with van der Waals surface area (Å²) in [6.07, 6.45) is 0.584. The molecule has 0 aliphatic heterocycles. The third-order valence-corrected chi connectivity index (χ3v) is 3.53. The lowest BCUT2D eigenvalue weighted by Crippen LogP contribution is -2.35. The van der Waals surface area contributed by atoms with Gasteiger partial charge in [0.2, 0.25) is 6.10 Å². The Morgan fingerprint density at radius 3 is 1.79 bits per heavy atom. The molecule has 0 fully saturated rings. The number of hydrogen-bond acceptors (Lipinski definition) is 5. The molecule has 120 valence electrons. The summed E-state index contributed by atoms with van der Waals surface area (Å²) >= 11 is 0. The molecule has 0 bridgehead atoms. The minimum Gasteiger partial charge on any atom is -0.450 e. The largest absolute Gasteiger partial charge is 0.450 e. The number of ketones is 1. The van der Waals surface area contributed by atoms with Crippen molar-refractivity contribution in [2.24, 2.45) is 0 Å². The molecule has 2 aromatic carbocycles. The summed E-state index contributed by atoms with van der Waals surface area (Å²) < 4.78 is 10.5. The van der Waals surface area contributed by atoms with Crippen molar-refractivity contribution in [3.05, 3.63) is 83.9 Å². The zero-order valence-electron chi connectivity index (χ0n) is 12.6. The van der Waals surface area contributed by atoms with E-state index >= 15 is 0 Å². The van der Waals surface area contributed by atoms with E-state index in [0.29, 0.717) is 11.1 Å². The number of rotatable bonds is 4. The summed E-state index contributed by atoms with van der Waals surface area (Å²) in [5.41, 5.74) is 0.684. The van der Waals surface area contributed by atoms with Crippen LogP contribution in [0.3, 0.4) is 0 Å². The summed E-state index contributed by atoms with van der Waals surface area (Å²) in [5, 5.41) is 0. The molecule has 3 rings (SSSR count). The van der Waals surface area contributed by atoms with Crippen LogP contribution in [0.4, 0.5) is 0 Å². The summed E-state index contributed by atoms with van der Waals surface area (Å²) in [7, 11) is 0. The SMILES string of the molecule is O=C(OC1C=CC(=O)C1OC(=O)c1ccccc1)c1ccccc1. The van der Waals surface area contributed by atoms with Crippen molar-refractivity contribution in [2.75, 3.05) is 0 Å². The van der Waals surface area contributed by atoms with Crippen LogP contribution in [-0.2, 0) is 14.3 Å². The van der Waals surface area contributed by atoms with Gasteiger partial charge in [-0.1, -0.05) is 36.4 Å². The molecule has 0 saturated carbocycles. The molecular weight excluding hydrogens is 308 g/mol. The lowest BCUT2D eigenvalue weighted by Gasteiger charge is -2.19. The number of hydrogen-bond donors (Lipinski definition) is 0. The topological polar surface area (TPSA) is 69.7 Å². The minimum atomic E-state index is -1.16. The van der Waals surface area contributed by atoms with E-state index in [-0.39, 0.29) is 0 Å². The van der Waals surface area contributed by atoms with E-state index in [1.807, 2.05) is 0 Å². The number of benzene rings is 2. The Morgan fingerprint density at radius 1 is 0.750 bits per heavy atom. The monoisotopic (exact) mass is 322 g/mol. The van der Waals surface area contributed by atoms with Gasteiger partial charge in [0.1, 0.15) is 0 Å². The highest BCUT2D eigenvalue weighted by molar-refractivity contribution is 6.00. The highest BCUT2D eigenvalue weighted by Crippen LogP contribution is 2.19. The van der Waals surface area contributed by atoms with Gasteiger partial charge in [-0.25, -0.2) is 9.59 Å². The van der Waals surface area contributed by atoms with Gasteiger partial charge in [-0.15, -0.1) is 0 Å². The molecule has 2 aromatic rings. The molecule has 0 amide bonds. The molecular formula is C19H14O5. The van der Waals surface area contributed by atoms with Gasteiger partial charge >= 0.3 is 11.9 Å². The van der Waals surface area contributed by atoms with Crippen molar-refractivity contribution in [1.82, 2.24) is 0 Å². The Hall–Kier alpha value is -3.21. The van der Waals surface area contributed by atoms with Crippen LogP contribution >= 0.6 is 0 Å². The highest BCUT2D eigenvalue weighted by atomic mass is 16.6. The predicted octanol–water partition coefficient (Wildman–Crippen LogP) is 2.58.